The molecule has 8 nitrogen and oxygen atoms in total. The van der Waals surface area contributed by atoms with Crippen LogP contribution in [0.5, 0.6) is 11.5 Å². The second-order valence-electron chi connectivity index (χ2n) is 5.44. The Morgan fingerprint density at radius 2 is 1.96 bits per heavy atom. The molecule has 0 atom stereocenters. The Balaban J connectivity index is 1.89. The van der Waals surface area contributed by atoms with E-state index in [1.807, 2.05) is 24.3 Å². The van der Waals surface area contributed by atoms with Gasteiger partial charge in [-0.15, -0.1) is 10.1 Å². The number of phenols is 1. The van der Waals surface area contributed by atoms with Crippen LogP contribution in [-0.4, -0.2) is 29.9 Å². The van der Waals surface area contributed by atoms with E-state index in [-0.39, 0.29) is 30.3 Å². The molecule has 0 aliphatic rings. The van der Waals surface area contributed by atoms with Gasteiger partial charge in [0, 0.05) is 0 Å². The molecule has 0 saturated carbocycles. The lowest BCUT2D eigenvalue weighted by molar-refractivity contribution is -0.757. The van der Waals surface area contributed by atoms with Gasteiger partial charge in [0.25, 0.3) is 5.09 Å². The quantitative estimate of drug-likeness (QED) is 0.316. The number of ether oxygens (including phenoxy) is 2. The first-order valence-electron chi connectivity index (χ1n) is 7.89. The van der Waals surface area contributed by atoms with Crippen molar-refractivity contribution in [1.29, 1.82) is 0 Å². The Hall–Kier alpha value is -3.29. The summed E-state index contributed by atoms with van der Waals surface area (Å²) in [6.45, 7) is 0.121. The first kappa shape index (κ1) is 19.0. The number of carbonyl (C=O) groups excluding carboxylic acids is 1. The number of aromatic hydroxyl groups is 1. The minimum atomic E-state index is -0.811. The zero-order valence-corrected chi connectivity index (χ0v) is 14.2. The maximum Gasteiger partial charge on any atom is 0.338 e. The van der Waals surface area contributed by atoms with Crippen LogP contribution in [0.25, 0.3) is 0 Å². The largest absolute Gasteiger partial charge is 0.504 e. The van der Waals surface area contributed by atoms with E-state index in [9.17, 15) is 20.0 Å². The van der Waals surface area contributed by atoms with Gasteiger partial charge >= 0.3 is 5.97 Å². The molecule has 0 saturated heterocycles. The second-order valence-corrected chi connectivity index (χ2v) is 5.44. The van der Waals surface area contributed by atoms with Crippen molar-refractivity contribution in [2.24, 2.45) is 0 Å². The molecule has 2 aromatic carbocycles. The van der Waals surface area contributed by atoms with Crippen molar-refractivity contribution in [2.45, 2.75) is 19.4 Å². The van der Waals surface area contributed by atoms with E-state index in [4.69, 9.17) is 9.47 Å². The first-order chi connectivity index (χ1) is 12.5. The summed E-state index contributed by atoms with van der Waals surface area (Å²) in [5, 5.41) is 18.8. The van der Waals surface area contributed by atoms with Crippen molar-refractivity contribution in [3.05, 3.63) is 69.3 Å². The lowest BCUT2D eigenvalue weighted by Crippen LogP contribution is -2.06. The Morgan fingerprint density at radius 3 is 2.69 bits per heavy atom. The summed E-state index contributed by atoms with van der Waals surface area (Å²) >= 11 is 0. The third-order valence-electron chi connectivity index (χ3n) is 3.58. The molecule has 2 aromatic rings. The van der Waals surface area contributed by atoms with E-state index in [1.54, 1.807) is 0 Å². The van der Waals surface area contributed by atoms with E-state index in [2.05, 4.69) is 4.84 Å². The number of phenolic OH excluding ortho intramolecular Hbond substituents is 1. The van der Waals surface area contributed by atoms with Crippen molar-refractivity contribution in [3.8, 4) is 11.5 Å². The lowest BCUT2D eigenvalue weighted by atomic mass is 10.1. The fraction of sp³-hybridized carbons (Fsp3) is 0.278. The fourth-order valence-electron chi connectivity index (χ4n) is 2.33. The molecular formula is C18H19NO7. The molecule has 2 rings (SSSR count). The summed E-state index contributed by atoms with van der Waals surface area (Å²) in [6, 6.07) is 11.6. The van der Waals surface area contributed by atoms with Gasteiger partial charge in [0.05, 0.1) is 19.3 Å². The highest BCUT2D eigenvalue weighted by Gasteiger charge is 2.11. The third-order valence-corrected chi connectivity index (χ3v) is 3.58. The van der Waals surface area contributed by atoms with Gasteiger partial charge < -0.3 is 19.4 Å². The molecule has 0 unspecified atom stereocenters. The van der Waals surface area contributed by atoms with Gasteiger partial charge in [-0.05, 0) is 42.2 Å². The smallest absolute Gasteiger partial charge is 0.338 e. The molecule has 0 aliphatic heterocycles. The van der Waals surface area contributed by atoms with Crippen molar-refractivity contribution < 1.29 is 29.3 Å². The number of esters is 1. The highest BCUT2D eigenvalue weighted by Crippen LogP contribution is 2.26. The number of hydrogen-bond acceptors (Lipinski definition) is 7. The molecule has 8 heteroatoms. The Morgan fingerprint density at radius 1 is 1.19 bits per heavy atom. The number of carbonyl (C=O) groups is 1. The summed E-state index contributed by atoms with van der Waals surface area (Å²) < 4.78 is 10.2. The molecule has 0 radical (unpaired) electrons. The summed E-state index contributed by atoms with van der Waals surface area (Å²) in [5.74, 6) is -0.399. The normalized spacial score (nSPS) is 10.2. The molecule has 0 fully saturated rings. The van der Waals surface area contributed by atoms with Crippen molar-refractivity contribution >= 4 is 5.97 Å². The molecule has 1 N–H and O–H groups in total. The first-order valence-corrected chi connectivity index (χ1v) is 7.89. The summed E-state index contributed by atoms with van der Waals surface area (Å²) in [6.07, 6.45) is 1.13. The topological polar surface area (TPSA) is 108 Å². The third kappa shape index (κ3) is 5.66. The predicted octanol–water partition coefficient (Wildman–Crippen LogP) is 2.90. The molecular weight excluding hydrogens is 342 g/mol. The number of methoxy groups -OCH3 is 1. The zero-order valence-electron chi connectivity index (χ0n) is 14.2. The number of hydrogen-bond donors (Lipinski definition) is 1. The maximum atomic E-state index is 12.1. The van der Waals surface area contributed by atoms with Crippen LogP contribution in [0, 0.1) is 10.1 Å². The van der Waals surface area contributed by atoms with Crippen molar-refractivity contribution in [2.75, 3.05) is 13.7 Å². The van der Waals surface area contributed by atoms with Crippen LogP contribution in [0.15, 0.2) is 42.5 Å². The van der Waals surface area contributed by atoms with Crippen LogP contribution in [-0.2, 0) is 22.6 Å². The molecule has 0 heterocycles. The van der Waals surface area contributed by atoms with Gasteiger partial charge in [0.15, 0.2) is 11.5 Å². The van der Waals surface area contributed by atoms with Crippen LogP contribution in [0.2, 0.25) is 0 Å². The molecule has 26 heavy (non-hydrogen) atoms. The van der Waals surface area contributed by atoms with E-state index < -0.39 is 11.1 Å². The fourth-order valence-corrected chi connectivity index (χ4v) is 2.33. The van der Waals surface area contributed by atoms with Gasteiger partial charge in [0.1, 0.15) is 6.61 Å². The number of benzene rings is 2. The molecule has 138 valence electrons. The van der Waals surface area contributed by atoms with Crippen molar-refractivity contribution in [1.82, 2.24) is 0 Å². The summed E-state index contributed by atoms with van der Waals surface area (Å²) in [4.78, 5) is 26.5. The monoisotopic (exact) mass is 361 g/mol. The van der Waals surface area contributed by atoms with Crippen LogP contribution < -0.4 is 4.74 Å². The minimum absolute atomic E-state index is 0.0366. The average Bonchev–Trinajstić information content (AvgIpc) is 2.64. The molecule has 0 aromatic heterocycles. The summed E-state index contributed by atoms with van der Waals surface area (Å²) in [5.41, 5.74) is 2.04. The minimum Gasteiger partial charge on any atom is -0.504 e. The number of aryl methyl sites for hydroxylation is 1. The standard InChI is InChI=1S/C18H19NO7/c1-24-17-11-15(7-8-16(17)20)18(21)25-12-14-5-2-4-13(10-14)6-3-9-26-19(22)23/h2,4-5,7-8,10-11,20H,3,6,9,12H2,1H3. The Labute approximate surface area is 150 Å². The molecule has 0 bridgehead atoms. The highest BCUT2D eigenvalue weighted by atomic mass is 16.9. The molecule has 0 spiro atoms. The van der Waals surface area contributed by atoms with E-state index in [0.717, 1.165) is 11.1 Å². The van der Waals surface area contributed by atoms with Gasteiger partial charge in [-0.3, -0.25) is 0 Å². The van der Waals surface area contributed by atoms with Crippen LogP contribution in [0.1, 0.15) is 27.9 Å². The van der Waals surface area contributed by atoms with E-state index in [1.165, 1.54) is 25.3 Å². The predicted molar refractivity (Wildman–Crippen MR) is 91.5 cm³/mol. The van der Waals surface area contributed by atoms with Crippen molar-refractivity contribution in [3.63, 3.8) is 0 Å². The van der Waals surface area contributed by atoms with Gasteiger partial charge in [-0.1, -0.05) is 24.3 Å². The Kier molecular flexibility index (Phi) is 6.78. The van der Waals surface area contributed by atoms with Crippen LogP contribution in [0.3, 0.4) is 0 Å². The van der Waals surface area contributed by atoms with Crippen LogP contribution in [0.4, 0.5) is 0 Å². The maximum absolute atomic E-state index is 12.1. The Bertz CT molecular complexity index is 776. The second kappa shape index (κ2) is 9.26. The summed E-state index contributed by atoms with van der Waals surface area (Å²) in [7, 11) is 1.40. The number of rotatable bonds is 9. The van der Waals surface area contributed by atoms with Gasteiger partial charge in [0.2, 0.25) is 0 Å². The molecule has 0 amide bonds. The SMILES string of the molecule is COc1cc(C(=O)OCc2cccc(CCCO[N+](=O)[O-])c2)ccc1O. The average molecular weight is 361 g/mol. The zero-order chi connectivity index (χ0) is 18.9. The highest BCUT2D eigenvalue weighted by molar-refractivity contribution is 5.90. The van der Waals surface area contributed by atoms with Gasteiger partial charge in [-0.2, -0.15) is 0 Å². The van der Waals surface area contributed by atoms with E-state index in [0.29, 0.717) is 12.8 Å². The number of nitrogens with zero attached hydrogens (tertiary/aromatic N) is 1. The van der Waals surface area contributed by atoms with Crippen LogP contribution >= 0.6 is 0 Å². The molecule has 0 aliphatic carbocycles. The lowest BCUT2D eigenvalue weighted by Gasteiger charge is -2.09. The van der Waals surface area contributed by atoms with Gasteiger partial charge in [-0.25, -0.2) is 4.79 Å². The van der Waals surface area contributed by atoms with E-state index >= 15 is 0 Å².